The van der Waals surface area contributed by atoms with Gasteiger partial charge in [0.2, 0.25) is 5.91 Å². The summed E-state index contributed by atoms with van der Waals surface area (Å²) in [7, 11) is 0. The van der Waals surface area contributed by atoms with Gasteiger partial charge >= 0.3 is 0 Å². The normalized spacial score (nSPS) is 24.3. The molecule has 18 heavy (non-hydrogen) atoms. The lowest BCUT2D eigenvalue weighted by atomic mass is 9.85. The molecule has 5 nitrogen and oxygen atoms in total. The van der Waals surface area contributed by atoms with E-state index in [0.29, 0.717) is 18.2 Å². The summed E-state index contributed by atoms with van der Waals surface area (Å²) in [6, 6.07) is 0. The maximum atomic E-state index is 12.1. The van der Waals surface area contributed by atoms with E-state index in [-0.39, 0.29) is 11.7 Å². The number of rotatable bonds is 5. The average molecular weight is 291 g/mol. The minimum absolute atomic E-state index is 0.0341. The number of amidine groups is 1. The molecule has 0 bridgehead atoms. The molecule has 1 amide bonds. The quantitative estimate of drug-likeness (QED) is 0.306. The van der Waals surface area contributed by atoms with Crippen LogP contribution in [-0.2, 0) is 4.79 Å². The molecule has 2 atom stereocenters. The van der Waals surface area contributed by atoms with E-state index in [1.54, 1.807) is 6.92 Å². The molecule has 1 aliphatic heterocycles. The van der Waals surface area contributed by atoms with Crippen LogP contribution in [0.5, 0.6) is 0 Å². The van der Waals surface area contributed by atoms with Crippen LogP contribution in [0.15, 0.2) is 5.16 Å². The first-order chi connectivity index (χ1) is 8.54. The first-order valence-electron chi connectivity index (χ1n) is 6.00. The standard InChI is InChI=1S/C11H21N3O2S2/c1-3-11(2,9(12)14-16)10(15)13-6-8-7-17-4-5-18-8/h8,16H,3-7H2,1-2H3,(H2,12,14)(H,13,15). The number of carbonyl (C=O) groups excluding carboxylic acids is 1. The van der Waals surface area contributed by atoms with E-state index in [9.17, 15) is 4.79 Å². The van der Waals surface area contributed by atoms with Crippen molar-refractivity contribution in [3.05, 3.63) is 0 Å². The molecule has 1 heterocycles. The molecule has 0 aromatic heterocycles. The minimum Gasteiger partial charge on any atom is -0.409 e. The molecule has 1 saturated heterocycles. The second-order valence-corrected chi connectivity index (χ2v) is 7.01. The summed E-state index contributed by atoms with van der Waals surface area (Å²) in [5.74, 6) is 3.18. The van der Waals surface area contributed by atoms with E-state index in [1.165, 1.54) is 5.75 Å². The van der Waals surface area contributed by atoms with Crippen LogP contribution < -0.4 is 11.1 Å². The topological polar surface area (TPSA) is 87.7 Å². The summed E-state index contributed by atoms with van der Waals surface area (Å²) in [5, 5.41) is 15.1. The highest BCUT2D eigenvalue weighted by molar-refractivity contribution is 8.06. The van der Waals surface area contributed by atoms with Crippen molar-refractivity contribution >= 4 is 35.3 Å². The van der Waals surface area contributed by atoms with Crippen molar-refractivity contribution in [3.8, 4) is 0 Å². The first kappa shape index (κ1) is 15.5. The highest BCUT2D eigenvalue weighted by Gasteiger charge is 2.36. The highest BCUT2D eigenvalue weighted by atomic mass is 32.2. The largest absolute Gasteiger partial charge is 0.409 e. The zero-order valence-corrected chi connectivity index (χ0v) is 12.4. The van der Waals surface area contributed by atoms with Crippen molar-refractivity contribution in [2.45, 2.75) is 25.5 Å². The van der Waals surface area contributed by atoms with Crippen molar-refractivity contribution < 1.29 is 10.0 Å². The molecule has 1 aliphatic rings. The van der Waals surface area contributed by atoms with Crippen molar-refractivity contribution in [1.29, 1.82) is 0 Å². The lowest BCUT2D eigenvalue weighted by molar-refractivity contribution is -0.127. The number of nitrogens with one attached hydrogen (secondary N) is 1. The van der Waals surface area contributed by atoms with Crippen LogP contribution >= 0.6 is 23.5 Å². The van der Waals surface area contributed by atoms with Gasteiger partial charge in [-0.15, -0.1) is 0 Å². The van der Waals surface area contributed by atoms with E-state index in [2.05, 4.69) is 10.5 Å². The third-order valence-electron chi connectivity index (χ3n) is 3.26. The highest BCUT2D eigenvalue weighted by Crippen LogP contribution is 2.25. The van der Waals surface area contributed by atoms with Gasteiger partial charge in [0.05, 0.1) is 0 Å². The molecular formula is C11H21N3O2S2. The molecule has 7 heteroatoms. The maximum Gasteiger partial charge on any atom is 0.233 e. The van der Waals surface area contributed by atoms with Crippen LogP contribution in [0.2, 0.25) is 0 Å². The van der Waals surface area contributed by atoms with E-state index < -0.39 is 5.41 Å². The fourth-order valence-corrected chi connectivity index (χ4v) is 4.24. The van der Waals surface area contributed by atoms with Gasteiger partial charge in [-0.1, -0.05) is 12.1 Å². The van der Waals surface area contributed by atoms with Gasteiger partial charge in [-0.3, -0.25) is 4.79 Å². The first-order valence-corrected chi connectivity index (χ1v) is 8.20. The summed E-state index contributed by atoms with van der Waals surface area (Å²) in [6.45, 7) is 4.19. The number of carbonyl (C=O) groups is 1. The SMILES string of the molecule is CCC(C)(C(=O)NCC1CSCCS1)C(N)=NO. The Bertz CT molecular complexity index is 319. The smallest absolute Gasteiger partial charge is 0.233 e. The summed E-state index contributed by atoms with van der Waals surface area (Å²) in [6.07, 6.45) is 0.501. The van der Waals surface area contributed by atoms with Crippen molar-refractivity contribution in [2.24, 2.45) is 16.3 Å². The van der Waals surface area contributed by atoms with Gasteiger partial charge in [0.15, 0.2) is 5.84 Å². The number of amides is 1. The fraction of sp³-hybridized carbons (Fsp3) is 0.818. The second-order valence-electron chi connectivity index (χ2n) is 4.45. The predicted molar refractivity (Wildman–Crippen MR) is 78.4 cm³/mol. The van der Waals surface area contributed by atoms with Gasteiger partial charge in [-0.25, -0.2) is 0 Å². The molecule has 0 aromatic carbocycles. The lowest BCUT2D eigenvalue weighted by Crippen LogP contribution is -2.49. The molecule has 0 aromatic rings. The Morgan fingerprint density at radius 3 is 2.83 bits per heavy atom. The van der Waals surface area contributed by atoms with Crippen molar-refractivity contribution in [3.63, 3.8) is 0 Å². The van der Waals surface area contributed by atoms with Gasteiger partial charge in [-0.2, -0.15) is 23.5 Å². The van der Waals surface area contributed by atoms with E-state index in [0.717, 1.165) is 11.5 Å². The van der Waals surface area contributed by atoms with Gasteiger partial charge in [-0.05, 0) is 13.3 Å². The zero-order valence-electron chi connectivity index (χ0n) is 10.8. The maximum absolute atomic E-state index is 12.1. The minimum atomic E-state index is -0.929. The molecule has 0 radical (unpaired) electrons. The molecule has 0 aliphatic carbocycles. The summed E-state index contributed by atoms with van der Waals surface area (Å²) >= 11 is 3.81. The van der Waals surface area contributed by atoms with Gasteiger partial charge in [0.1, 0.15) is 5.41 Å². The molecular weight excluding hydrogens is 270 g/mol. The Hall–Kier alpha value is -0.560. The molecule has 2 unspecified atom stereocenters. The third-order valence-corrected chi connectivity index (χ3v) is 6.10. The van der Waals surface area contributed by atoms with Gasteiger partial charge in [0, 0.05) is 29.1 Å². The van der Waals surface area contributed by atoms with Crippen LogP contribution in [-0.4, -0.2) is 46.0 Å². The Kier molecular flexibility index (Phi) is 6.14. The summed E-state index contributed by atoms with van der Waals surface area (Å²) < 4.78 is 0. The number of hydrogen-bond donors (Lipinski definition) is 3. The molecule has 0 saturated carbocycles. The van der Waals surface area contributed by atoms with Gasteiger partial charge < -0.3 is 16.3 Å². The number of nitrogens with two attached hydrogens (primary N) is 1. The molecule has 4 N–H and O–H groups in total. The number of oxime groups is 1. The van der Waals surface area contributed by atoms with E-state index in [4.69, 9.17) is 10.9 Å². The lowest BCUT2D eigenvalue weighted by Gasteiger charge is -2.27. The Morgan fingerprint density at radius 1 is 1.61 bits per heavy atom. The van der Waals surface area contributed by atoms with Crippen LogP contribution in [0, 0.1) is 5.41 Å². The summed E-state index contributed by atoms with van der Waals surface area (Å²) in [5.41, 5.74) is 4.67. The number of hydrogen-bond acceptors (Lipinski definition) is 5. The predicted octanol–water partition coefficient (Wildman–Crippen LogP) is 1.11. The van der Waals surface area contributed by atoms with E-state index >= 15 is 0 Å². The average Bonchev–Trinajstić information content (AvgIpc) is 2.43. The second kappa shape index (κ2) is 7.13. The van der Waals surface area contributed by atoms with Crippen molar-refractivity contribution in [2.75, 3.05) is 23.8 Å². The Balaban J connectivity index is 2.52. The molecule has 0 spiro atoms. The monoisotopic (exact) mass is 291 g/mol. The number of thioether (sulfide) groups is 2. The van der Waals surface area contributed by atoms with E-state index in [1.807, 2.05) is 30.4 Å². The fourth-order valence-electron chi connectivity index (χ4n) is 1.62. The molecule has 104 valence electrons. The molecule has 1 fully saturated rings. The zero-order chi connectivity index (χ0) is 13.6. The van der Waals surface area contributed by atoms with Crippen molar-refractivity contribution in [1.82, 2.24) is 5.32 Å². The number of nitrogens with zero attached hydrogens (tertiary/aromatic N) is 1. The third kappa shape index (κ3) is 3.71. The molecule has 1 rings (SSSR count). The Labute approximate surface area is 116 Å². The van der Waals surface area contributed by atoms with Crippen LogP contribution in [0.3, 0.4) is 0 Å². The van der Waals surface area contributed by atoms with Crippen LogP contribution in [0.25, 0.3) is 0 Å². The van der Waals surface area contributed by atoms with Crippen LogP contribution in [0.1, 0.15) is 20.3 Å². The Morgan fingerprint density at radius 2 is 2.33 bits per heavy atom. The summed E-state index contributed by atoms with van der Waals surface area (Å²) in [4.78, 5) is 12.1. The van der Waals surface area contributed by atoms with Gasteiger partial charge in [0.25, 0.3) is 0 Å². The van der Waals surface area contributed by atoms with Crippen LogP contribution in [0.4, 0.5) is 0 Å².